The lowest BCUT2D eigenvalue weighted by atomic mass is 9.99. The van der Waals surface area contributed by atoms with Gasteiger partial charge in [0.2, 0.25) is 5.13 Å². The summed E-state index contributed by atoms with van der Waals surface area (Å²) < 4.78 is 11.2. The second-order valence-electron chi connectivity index (χ2n) is 8.42. The summed E-state index contributed by atoms with van der Waals surface area (Å²) in [5.74, 6) is 0.292. The molecule has 1 amide bonds. The maximum Gasteiger partial charge on any atom is 0.296 e. The maximum atomic E-state index is 13.1. The maximum absolute atomic E-state index is 13.1. The molecule has 1 saturated carbocycles. The number of rotatable bonds is 8. The summed E-state index contributed by atoms with van der Waals surface area (Å²) in [6.07, 6.45) is 5.02. The molecule has 0 radical (unpaired) electrons. The number of pyridine rings is 2. The summed E-state index contributed by atoms with van der Waals surface area (Å²) in [6, 6.07) is 15.5. The second-order valence-corrected chi connectivity index (χ2v) is 9.36. The molecule has 0 bridgehead atoms. The number of methoxy groups -OCH3 is 1. The van der Waals surface area contributed by atoms with Gasteiger partial charge in [-0.1, -0.05) is 29.4 Å². The first-order chi connectivity index (χ1) is 17.5. The minimum absolute atomic E-state index is 0.197. The molecule has 1 aliphatic carbocycles. The van der Waals surface area contributed by atoms with Crippen LogP contribution in [0.3, 0.4) is 0 Å². The first-order valence-electron chi connectivity index (χ1n) is 11.3. The number of amides is 1. The van der Waals surface area contributed by atoms with Crippen LogP contribution >= 0.6 is 11.3 Å². The number of hydrogen-bond acceptors (Lipinski definition) is 9. The first-order valence-corrected chi connectivity index (χ1v) is 12.1. The predicted molar refractivity (Wildman–Crippen MR) is 134 cm³/mol. The molecule has 1 aliphatic rings. The third-order valence-electron chi connectivity index (χ3n) is 5.99. The van der Waals surface area contributed by atoms with Crippen LogP contribution in [0, 0.1) is 18.3 Å². The van der Waals surface area contributed by atoms with Crippen molar-refractivity contribution in [2.45, 2.75) is 31.8 Å². The molecule has 3 heterocycles. The zero-order chi connectivity index (χ0) is 25.1. The molecule has 1 fully saturated rings. The molecule has 4 aromatic rings. The fourth-order valence-electron chi connectivity index (χ4n) is 3.83. The van der Waals surface area contributed by atoms with Crippen molar-refractivity contribution < 1.29 is 14.3 Å². The van der Waals surface area contributed by atoms with Gasteiger partial charge in [0.15, 0.2) is 0 Å². The van der Waals surface area contributed by atoms with Gasteiger partial charge < -0.3 is 9.47 Å². The minimum atomic E-state index is -0.366. The Morgan fingerprint density at radius 1 is 1.14 bits per heavy atom. The number of aryl methyl sites for hydroxylation is 1. The Morgan fingerprint density at radius 3 is 2.69 bits per heavy atom. The lowest BCUT2D eigenvalue weighted by molar-refractivity contribution is 0.102. The van der Waals surface area contributed by atoms with Crippen LogP contribution in [0.25, 0.3) is 11.1 Å². The fourth-order valence-corrected chi connectivity index (χ4v) is 4.42. The van der Waals surface area contributed by atoms with Gasteiger partial charge in [-0.3, -0.25) is 20.1 Å². The van der Waals surface area contributed by atoms with E-state index < -0.39 is 0 Å². The molecule has 5 rings (SSSR count). The smallest absolute Gasteiger partial charge is 0.296 e. The standard InChI is InChI=1S/C26H22N6O3S/c1-16-11-20(19-5-3-4-6-22(19)34-2)21(13-28-16)23(33)30-24-31-32-25(36-24)35-14-18-8-7-17(12-29-18)26(15-27)9-10-26/h3-8,11-13H,9-10,14H2,1-2H3,(H,30,31,33). The monoisotopic (exact) mass is 498 g/mol. The highest BCUT2D eigenvalue weighted by Crippen LogP contribution is 2.47. The number of carbonyl (C=O) groups is 1. The summed E-state index contributed by atoms with van der Waals surface area (Å²) >= 11 is 1.12. The van der Waals surface area contributed by atoms with E-state index in [1.807, 2.05) is 49.4 Å². The van der Waals surface area contributed by atoms with Gasteiger partial charge in [-0.15, -0.1) is 5.10 Å². The second kappa shape index (κ2) is 9.71. The molecule has 9 nitrogen and oxygen atoms in total. The van der Waals surface area contributed by atoms with Crippen LogP contribution in [-0.4, -0.2) is 33.2 Å². The Kier molecular flexibility index (Phi) is 6.31. The van der Waals surface area contributed by atoms with Crippen LogP contribution in [0.4, 0.5) is 5.13 Å². The van der Waals surface area contributed by atoms with E-state index in [0.29, 0.717) is 32.9 Å². The molecule has 1 aromatic carbocycles. The van der Waals surface area contributed by atoms with Gasteiger partial charge in [0.05, 0.1) is 29.9 Å². The molecular formula is C26H22N6O3S. The molecule has 1 N–H and O–H groups in total. The zero-order valence-corrected chi connectivity index (χ0v) is 20.5. The van der Waals surface area contributed by atoms with Gasteiger partial charge in [-0.25, -0.2) is 0 Å². The zero-order valence-electron chi connectivity index (χ0n) is 19.7. The van der Waals surface area contributed by atoms with Crippen molar-refractivity contribution in [2.75, 3.05) is 12.4 Å². The van der Waals surface area contributed by atoms with E-state index in [9.17, 15) is 10.1 Å². The Hall–Kier alpha value is -4.36. The molecule has 3 aromatic heterocycles. The predicted octanol–water partition coefficient (Wildman–Crippen LogP) is 4.70. The Balaban J connectivity index is 1.26. The van der Waals surface area contributed by atoms with Crippen molar-refractivity contribution in [2.24, 2.45) is 0 Å². The van der Waals surface area contributed by atoms with Crippen LogP contribution in [-0.2, 0) is 12.0 Å². The molecule has 0 spiro atoms. The van der Waals surface area contributed by atoms with Crippen LogP contribution in [0.2, 0.25) is 0 Å². The SMILES string of the molecule is COc1ccccc1-c1cc(C)ncc1C(=O)Nc1nnc(OCc2ccc(C3(C#N)CC3)cn2)s1. The molecule has 180 valence electrons. The number of nitrogens with one attached hydrogen (secondary N) is 1. The number of benzene rings is 1. The van der Waals surface area contributed by atoms with Crippen LogP contribution in [0.15, 0.2) is 54.9 Å². The number of para-hydroxylation sites is 1. The third-order valence-corrected chi connectivity index (χ3v) is 6.75. The molecule has 36 heavy (non-hydrogen) atoms. The van der Waals surface area contributed by atoms with Crippen LogP contribution in [0.5, 0.6) is 10.9 Å². The topological polar surface area (TPSA) is 123 Å². The van der Waals surface area contributed by atoms with Crippen molar-refractivity contribution in [3.63, 3.8) is 0 Å². The van der Waals surface area contributed by atoms with Gasteiger partial charge in [0, 0.05) is 29.2 Å². The van der Waals surface area contributed by atoms with Gasteiger partial charge in [0.25, 0.3) is 11.1 Å². The summed E-state index contributed by atoms with van der Waals surface area (Å²) in [4.78, 5) is 21.8. The van der Waals surface area contributed by atoms with E-state index in [2.05, 4.69) is 31.6 Å². The van der Waals surface area contributed by atoms with E-state index in [1.165, 1.54) is 6.20 Å². The summed E-state index contributed by atoms with van der Waals surface area (Å²) in [5.41, 5.74) is 3.94. The van der Waals surface area contributed by atoms with Crippen LogP contribution in [0.1, 0.15) is 40.2 Å². The highest BCUT2D eigenvalue weighted by molar-refractivity contribution is 7.17. The number of carbonyl (C=O) groups excluding carboxylic acids is 1. The Morgan fingerprint density at radius 2 is 1.97 bits per heavy atom. The lowest BCUT2D eigenvalue weighted by Crippen LogP contribution is -2.14. The molecule has 0 saturated heterocycles. The number of anilines is 1. The Labute approximate surface area is 211 Å². The first kappa shape index (κ1) is 23.4. The number of nitrogens with zero attached hydrogens (tertiary/aromatic N) is 5. The van der Waals surface area contributed by atoms with Gasteiger partial charge in [-0.05, 0) is 54.9 Å². The van der Waals surface area contributed by atoms with Crippen molar-refractivity contribution in [1.82, 2.24) is 20.2 Å². The minimum Gasteiger partial charge on any atom is -0.496 e. The van der Waals surface area contributed by atoms with E-state index in [-0.39, 0.29) is 17.9 Å². The van der Waals surface area contributed by atoms with Gasteiger partial charge in [0.1, 0.15) is 12.4 Å². The third kappa shape index (κ3) is 4.74. The fraction of sp³-hybridized carbons (Fsp3) is 0.231. The number of aromatic nitrogens is 4. The number of nitriles is 1. The van der Waals surface area contributed by atoms with Crippen molar-refractivity contribution in [1.29, 1.82) is 5.26 Å². The van der Waals surface area contributed by atoms with E-state index in [0.717, 1.165) is 41.0 Å². The summed E-state index contributed by atoms with van der Waals surface area (Å²) in [7, 11) is 1.59. The number of ether oxygens (including phenoxy) is 2. The molecule has 10 heteroatoms. The highest BCUT2D eigenvalue weighted by atomic mass is 32.1. The van der Waals surface area contributed by atoms with Crippen molar-refractivity contribution in [3.8, 4) is 28.1 Å². The average Bonchev–Trinajstić information content (AvgIpc) is 3.59. The van der Waals surface area contributed by atoms with Gasteiger partial charge >= 0.3 is 0 Å². The van der Waals surface area contributed by atoms with E-state index in [1.54, 1.807) is 13.3 Å². The molecule has 0 atom stereocenters. The van der Waals surface area contributed by atoms with Crippen molar-refractivity contribution >= 4 is 22.4 Å². The average molecular weight is 499 g/mol. The normalized spacial score (nSPS) is 13.5. The van der Waals surface area contributed by atoms with Crippen molar-refractivity contribution in [3.05, 3.63) is 77.4 Å². The van der Waals surface area contributed by atoms with E-state index in [4.69, 9.17) is 9.47 Å². The molecule has 0 aliphatic heterocycles. The quantitative estimate of drug-likeness (QED) is 0.371. The summed E-state index contributed by atoms with van der Waals surface area (Å²) in [5, 5.41) is 20.7. The Bertz CT molecular complexity index is 1460. The van der Waals surface area contributed by atoms with E-state index >= 15 is 0 Å². The molecule has 0 unspecified atom stereocenters. The van der Waals surface area contributed by atoms with Gasteiger partial charge in [-0.2, -0.15) is 5.26 Å². The lowest BCUT2D eigenvalue weighted by Gasteiger charge is -2.13. The number of hydrogen-bond donors (Lipinski definition) is 1. The largest absolute Gasteiger partial charge is 0.496 e. The highest BCUT2D eigenvalue weighted by Gasteiger charge is 2.45. The summed E-state index contributed by atoms with van der Waals surface area (Å²) in [6.45, 7) is 2.06. The van der Waals surface area contributed by atoms with Crippen LogP contribution < -0.4 is 14.8 Å². The molecular weight excluding hydrogens is 476 g/mol.